The van der Waals surface area contributed by atoms with Gasteiger partial charge in [-0.1, -0.05) is 11.8 Å². The van der Waals surface area contributed by atoms with E-state index in [0.29, 0.717) is 17.3 Å². The lowest BCUT2D eigenvalue weighted by molar-refractivity contribution is 0.0912. The molecule has 1 fully saturated rings. The molecule has 0 spiro atoms. The zero-order valence-electron chi connectivity index (χ0n) is 14.4. The first-order chi connectivity index (χ1) is 12.1. The summed E-state index contributed by atoms with van der Waals surface area (Å²) in [5, 5.41) is 12.4. The molecule has 1 aromatic carbocycles. The number of benzene rings is 1. The number of ketones is 1. The van der Waals surface area contributed by atoms with Crippen LogP contribution in [0, 0.1) is 0 Å². The molecule has 0 bridgehead atoms. The van der Waals surface area contributed by atoms with Crippen LogP contribution in [0.25, 0.3) is 0 Å². The van der Waals surface area contributed by atoms with E-state index in [2.05, 4.69) is 15.5 Å². The summed E-state index contributed by atoms with van der Waals surface area (Å²) in [6.07, 6.45) is 2.37. The number of thioether (sulfide) groups is 1. The molecule has 0 amide bonds. The van der Waals surface area contributed by atoms with Crippen LogP contribution in [0.1, 0.15) is 37.0 Å². The Morgan fingerprint density at radius 1 is 1.40 bits per heavy atom. The molecule has 25 heavy (non-hydrogen) atoms. The Balaban J connectivity index is 1.54. The second-order valence-electron chi connectivity index (χ2n) is 6.18. The number of aromatic nitrogens is 4. The van der Waals surface area contributed by atoms with Crippen molar-refractivity contribution in [2.75, 3.05) is 12.4 Å². The normalized spacial score (nSPS) is 17.2. The van der Waals surface area contributed by atoms with Crippen molar-refractivity contribution in [3.05, 3.63) is 29.8 Å². The molecule has 2 aromatic rings. The number of ether oxygens (including phenoxy) is 2. The summed E-state index contributed by atoms with van der Waals surface area (Å²) in [6.45, 7) is 5.36. The third-order valence-corrected chi connectivity index (χ3v) is 4.74. The van der Waals surface area contributed by atoms with Gasteiger partial charge in [-0.2, -0.15) is 0 Å². The van der Waals surface area contributed by atoms with Gasteiger partial charge < -0.3 is 9.47 Å². The lowest BCUT2D eigenvalue weighted by atomic mass is 10.1. The zero-order chi connectivity index (χ0) is 17.6. The minimum absolute atomic E-state index is 0.0350. The summed E-state index contributed by atoms with van der Waals surface area (Å²) in [5.41, 5.74) is 0.654. The van der Waals surface area contributed by atoms with Gasteiger partial charge in [-0.05, 0) is 61.4 Å². The highest BCUT2D eigenvalue weighted by Gasteiger charge is 2.19. The van der Waals surface area contributed by atoms with Gasteiger partial charge in [0.25, 0.3) is 0 Å². The fraction of sp³-hybridized carbons (Fsp3) is 0.529. The summed E-state index contributed by atoms with van der Waals surface area (Å²) < 4.78 is 12.9. The molecule has 1 unspecified atom stereocenters. The Bertz CT molecular complexity index is 696. The molecular formula is C17H22N4O3S. The summed E-state index contributed by atoms with van der Waals surface area (Å²) in [4.78, 5) is 12.4. The van der Waals surface area contributed by atoms with Crippen molar-refractivity contribution in [1.29, 1.82) is 0 Å². The zero-order valence-corrected chi connectivity index (χ0v) is 15.2. The minimum atomic E-state index is 0.0350. The van der Waals surface area contributed by atoms with E-state index < -0.39 is 0 Å². The highest BCUT2D eigenvalue weighted by atomic mass is 32.2. The van der Waals surface area contributed by atoms with E-state index in [-0.39, 0.29) is 23.7 Å². The number of hydrogen-bond acceptors (Lipinski definition) is 7. The number of Topliss-reactive ketones (excluding diaryl/α,β-unsaturated/α-hetero) is 1. The van der Waals surface area contributed by atoms with E-state index in [1.807, 2.05) is 26.0 Å². The van der Waals surface area contributed by atoms with Gasteiger partial charge in [-0.3, -0.25) is 4.79 Å². The van der Waals surface area contributed by atoms with Crippen molar-refractivity contribution >= 4 is 17.5 Å². The SMILES string of the molecule is CC(C)Oc1ccc(C(=O)CSc2nnnn2CC2CCCO2)cc1. The number of carbonyl (C=O) groups is 1. The summed E-state index contributed by atoms with van der Waals surface area (Å²) >= 11 is 1.35. The maximum absolute atomic E-state index is 12.4. The second kappa shape index (κ2) is 8.44. The lowest BCUT2D eigenvalue weighted by Crippen LogP contribution is -2.17. The topological polar surface area (TPSA) is 79.1 Å². The third-order valence-electron chi connectivity index (χ3n) is 3.78. The van der Waals surface area contributed by atoms with Crippen LogP contribution in [-0.4, -0.2) is 50.6 Å². The van der Waals surface area contributed by atoms with Gasteiger partial charge in [0.05, 0.1) is 24.5 Å². The van der Waals surface area contributed by atoms with E-state index in [9.17, 15) is 4.79 Å². The smallest absolute Gasteiger partial charge is 0.209 e. The van der Waals surface area contributed by atoms with Gasteiger partial charge in [0, 0.05) is 12.2 Å². The standard InChI is InChI=1S/C17H22N4O3S/c1-12(2)24-14-7-5-13(6-8-14)16(22)11-25-17-18-19-20-21(17)10-15-4-3-9-23-15/h5-8,12,15H,3-4,9-11H2,1-2H3. The Labute approximate surface area is 151 Å². The van der Waals surface area contributed by atoms with E-state index in [4.69, 9.17) is 9.47 Å². The molecule has 8 heteroatoms. The quantitative estimate of drug-likeness (QED) is 0.527. The molecule has 3 rings (SSSR count). The van der Waals surface area contributed by atoms with Crippen molar-refractivity contribution in [1.82, 2.24) is 20.2 Å². The maximum atomic E-state index is 12.4. The van der Waals surface area contributed by atoms with Crippen LogP contribution in [0.5, 0.6) is 5.75 Å². The molecule has 1 aromatic heterocycles. The summed E-state index contributed by atoms with van der Waals surface area (Å²) in [6, 6.07) is 7.21. The first-order valence-corrected chi connectivity index (χ1v) is 9.41. The number of carbonyl (C=O) groups excluding carboxylic acids is 1. The van der Waals surface area contributed by atoms with Crippen molar-refractivity contribution < 1.29 is 14.3 Å². The minimum Gasteiger partial charge on any atom is -0.491 e. The molecule has 1 atom stereocenters. The van der Waals surface area contributed by atoms with Crippen LogP contribution in [0.3, 0.4) is 0 Å². The van der Waals surface area contributed by atoms with Gasteiger partial charge in [0.1, 0.15) is 5.75 Å². The van der Waals surface area contributed by atoms with Crippen molar-refractivity contribution in [3.63, 3.8) is 0 Å². The van der Waals surface area contributed by atoms with Crippen molar-refractivity contribution in [2.24, 2.45) is 0 Å². The number of rotatable bonds is 8. The summed E-state index contributed by atoms with van der Waals surface area (Å²) in [7, 11) is 0. The van der Waals surface area contributed by atoms with Crippen molar-refractivity contribution in [2.45, 2.75) is 50.6 Å². The predicted molar refractivity (Wildman–Crippen MR) is 94.1 cm³/mol. The van der Waals surface area contributed by atoms with E-state index in [1.165, 1.54) is 11.8 Å². The molecule has 1 saturated heterocycles. The highest BCUT2D eigenvalue weighted by Crippen LogP contribution is 2.20. The Kier molecular flexibility index (Phi) is 6.04. The molecule has 134 valence electrons. The Hall–Kier alpha value is -1.93. The van der Waals surface area contributed by atoms with E-state index >= 15 is 0 Å². The van der Waals surface area contributed by atoms with Crippen LogP contribution in [0.2, 0.25) is 0 Å². The predicted octanol–water partition coefficient (Wildman–Crippen LogP) is 2.61. The summed E-state index contributed by atoms with van der Waals surface area (Å²) in [5.74, 6) is 1.09. The molecule has 0 N–H and O–H groups in total. The Morgan fingerprint density at radius 2 is 2.20 bits per heavy atom. The molecule has 7 nitrogen and oxygen atoms in total. The molecule has 0 aliphatic carbocycles. The lowest BCUT2D eigenvalue weighted by Gasteiger charge is -2.10. The molecule has 0 saturated carbocycles. The molecular weight excluding hydrogens is 340 g/mol. The number of hydrogen-bond donors (Lipinski definition) is 0. The van der Waals surface area contributed by atoms with E-state index in [1.54, 1.807) is 16.8 Å². The van der Waals surface area contributed by atoms with Gasteiger partial charge in [-0.25, -0.2) is 4.68 Å². The van der Waals surface area contributed by atoms with Crippen LogP contribution in [0.15, 0.2) is 29.4 Å². The second-order valence-corrected chi connectivity index (χ2v) is 7.12. The van der Waals surface area contributed by atoms with Gasteiger partial charge in [-0.15, -0.1) is 5.10 Å². The highest BCUT2D eigenvalue weighted by molar-refractivity contribution is 7.99. The van der Waals surface area contributed by atoms with Crippen molar-refractivity contribution in [3.8, 4) is 5.75 Å². The average Bonchev–Trinajstić information content (AvgIpc) is 3.25. The molecule has 0 radical (unpaired) electrons. The first-order valence-electron chi connectivity index (χ1n) is 8.42. The molecule has 2 heterocycles. The largest absolute Gasteiger partial charge is 0.491 e. The maximum Gasteiger partial charge on any atom is 0.209 e. The fourth-order valence-corrected chi connectivity index (χ4v) is 3.38. The third kappa shape index (κ3) is 5.02. The molecule has 1 aliphatic heterocycles. The van der Waals surface area contributed by atoms with E-state index in [0.717, 1.165) is 25.2 Å². The average molecular weight is 362 g/mol. The fourth-order valence-electron chi connectivity index (χ4n) is 2.60. The molecule has 1 aliphatic rings. The van der Waals surface area contributed by atoms with Crippen LogP contribution in [0.4, 0.5) is 0 Å². The van der Waals surface area contributed by atoms with Crippen LogP contribution >= 0.6 is 11.8 Å². The Morgan fingerprint density at radius 3 is 2.88 bits per heavy atom. The number of tetrazole rings is 1. The van der Waals surface area contributed by atoms with Gasteiger partial charge >= 0.3 is 0 Å². The van der Waals surface area contributed by atoms with Gasteiger partial charge in [0.2, 0.25) is 5.16 Å². The number of nitrogens with zero attached hydrogens (tertiary/aromatic N) is 4. The van der Waals surface area contributed by atoms with Crippen LogP contribution < -0.4 is 4.74 Å². The van der Waals surface area contributed by atoms with Gasteiger partial charge in [0.15, 0.2) is 5.78 Å². The monoisotopic (exact) mass is 362 g/mol. The first kappa shape index (κ1) is 17.9. The van der Waals surface area contributed by atoms with Crippen LogP contribution in [-0.2, 0) is 11.3 Å².